The maximum Gasteiger partial charge on any atom is 0.263 e. The molecule has 5 nitrogen and oxygen atoms in total. The van der Waals surface area contributed by atoms with Gasteiger partial charge in [0.2, 0.25) is 0 Å². The second-order valence-electron chi connectivity index (χ2n) is 4.64. The summed E-state index contributed by atoms with van der Waals surface area (Å²) >= 11 is 0. The predicted octanol–water partition coefficient (Wildman–Crippen LogP) is 0.705. The summed E-state index contributed by atoms with van der Waals surface area (Å²) in [4.78, 5) is 25.4. The number of nitrogens with zero attached hydrogens (tertiary/aromatic N) is 1. The summed E-state index contributed by atoms with van der Waals surface area (Å²) in [6.45, 7) is -0.0741. The second-order valence-corrected chi connectivity index (χ2v) is 4.64. The van der Waals surface area contributed by atoms with Crippen LogP contribution in [0.4, 0.5) is 10.1 Å². The van der Waals surface area contributed by atoms with Crippen molar-refractivity contribution in [2.24, 2.45) is 5.73 Å². The van der Waals surface area contributed by atoms with E-state index in [9.17, 15) is 14.0 Å². The molecule has 2 N–H and O–H groups in total. The van der Waals surface area contributed by atoms with Crippen molar-refractivity contribution in [2.45, 2.75) is 31.6 Å². The third-order valence-electron chi connectivity index (χ3n) is 3.55. The van der Waals surface area contributed by atoms with Gasteiger partial charge in [-0.15, -0.1) is 0 Å². The number of benzene rings is 1. The highest BCUT2D eigenvalue weighted by molar-refractivity contribution is 6.20. The van der Waals surface area contributed by atoms with Gasteiger partial charge < -0.3 is 10.5 Å². The molecule has 19 heavy (non-hydrogen) atoms. The first kappa shape index (κ1) is 12.3. The van der Waals surface area contributed by atoms with Crippen molar-refractivity contribution in [3.8, 4) is 0 Å². The number of rotatable bonds is 2. The Kier molecular flexibility index (Phi) is 2.83. The van der Waals surface area contributed by atoms with E-state index in [1.165, 1.54) is 18.2 Å². The number of nitrogens with two attached hydrogens (primary N) is 1. The molecule has 0 aromatic heterocycles. The lowest BCUT2D eigenvalue weighted by Crippen LogP contribution is -2.52. The maximum absolute atomic E-state index is 13.7. The monoisotopic (exact) mass is 264 g/mol. The minimum Gasteiger partial charge on any atom is -0.355 e. The van der Waals surface area contributed by atoms with Gasteiger partial charge in [-0.1, -0.05) is 6.07 Å². The molecular weight excluding hydrogens is 251 g/mol. The van der Waals surface area contributed by atoms with Crippen molar-refractivity contribution in [1.29, 1.82) is 0 Å². The lowest BCUT2D eigenvalue weighted by molar-refractivity contribution is -0.146. The van der Waals surface area contributed by atoms with Gasteiger partial charge in [-0.25, -0.2) is 9.29 Å². The van der Waals surface area contributed by atoms with Crippen LogP contribution in [-0.2, 0) is 20.9 Å². The molecule has 2 fully saturated rings. The number of halogens is 1. The number of hydrogen-bond donors (Lipinski definition) is 1. The summed E-state index contributed by atoms with van der Waals surface area (Å²) in [5.41, 5.74) is 5.92. The van der Waals surface area contributed by atoms with Crippen LogP contribution in [-0.4, -0.2) is 24.0 Å². The fraction of sp³-hybridized carbons (Fsp3) is 0.385. The first-order valence-electron chi connectivity index (χ1n) is 6.14. The van der Waals surface area contributed by atoms with Crippen LogP contribution in [0, 0.1) is 5.82 Å². The van der Waals surface area contributed by atoms with Crippen LogP contribution < -0.4 is 10.6 Å². The van der Waals surface area contributed by atoms with Crippen molar-refractivity contribution in [3.05, 3.63) is 29.6 Å². The highest BCUT2D eigenvalue weighted by Crippen LogP contribution is 2.33. The van der Waals surface area contributed by atoms with E-state index in [0.717, 1.165) is 4.90 Å². The Balaban J connectivity index is 2.08. The van der Waals surface area contributed by atoms with Crippen molar-refractivity contribution >= 4 is 17.5 Å². The molecule has 2 unspecified atom stereocenters. The van der Waals surface area contributed by atoms with Crippen LogP contribution in [0.1, 0.15) is 18.4 Å². The van der Waals surface area contributed by atoms with Gasteiger partial charge >= 0.3 is 0 Å². The summed E-state index contributed by atoms with van der Waals surface area (Å²) in [7, 11) is 0. The number of fused-ring (bicyclic) bond motifs is 2. The SMILES string of the molecule is NCc1c(F)cccc1N1C(=O)C2CCC(O2)C1=O. The zero-order valence-corrected chi connectivity index (χ0v) is 10.1. The number of carbonyl (C=O) groups is 2. The van der Waals surface area contributed by atoms with E-state index in [2.05, 4.69) is 0 Å². The van der Waals surface area contributed by atoms with Crippen LogP contribution in [0.25, 0.3) is 0 Å². The first-order chi connectivity index (χ1) is 9.13. The van der Waals surface area contributed by atoms with E-state index < -0.39 is 29.8 Å². The highest BCUT2D eigenvalue weighted by atomic mass is 19.1. The van der Waals surface area contributed by atoms with Crippen molar-refractivity contribution < 1.29 is 18.7 Å². The summed E-state index contributed by atoms with van der Waals surface area (Å²) < 4.78 is 19.0. The van der Waals surface area contributed by atoms with Crippen LogP contribution in [0.2, 0.25) is 0 Å². The lowest BCUT2D eigenvalue weighted by Gasteiger charge is -2.31. The summed E-state index contributed by atoms with van der Waals surface area (Å²) in [6.07, 6.45) is -0.147. The van der Waals surface area contributed by atoms with Crippen LogP contribution >= 0.6 is 0 Å². The van der Waals surface area contributed by atoms with Crippen LogP contribution in [0.5, 0.6) is 0 Å². The van der Waals surface area contributed by atoms with Gasteiger partial charge in [0.05, 0.1) is 5.69 Å². The number of ether oxygens (including phenoxy) is 1. The minimum atomic E-state index is -0.600. The van der Waals surface area contributed by atoms with E-state index in [1.54, 1.807) is 0 Å². The number of carbonyl (C=O) groups excluding carboxylic acids is 2. The molecule has 2 aliphatic heterocycles. The van der Waals surface area contributed by atoms with Gasteiger partial charge in [-0.2, -0.15) is 0 Å². The molecule has 2 atom stereocenters. The summed E-state index contributed by atoms with van der Waals surface area (Å²) in [5, 5.41) is 0. The normalized spacial score (nSPS) is 26.1. The Hall–Kier alpha value is -1.79. The van der Waals surface area contributed by atoms with Crippen LogP contribution in [0.3, 0.4) is 0 Å². The van der Waals surface area contributed by atoms with E-state index in [0.29, 0.717) is 12.8 Å². The molecule has 100 valence electrons. The van der Waals surface area contributed by atoms with Crippen LogP contribution in [0.15, 0.2) is 18.2 Å². The quantitative estimate of drug-likeness (QED) is 0.798. The molecule has 6 heteroatoms. The Labute approximate surface area is 109 Å². The van der Waals surface area contributed by atoms with Crippen molar-refractivity contribution in [3.63, 3.8) is 0 Å². The largest absolute Gasteiger partial charge is 0.355 e. The third-order valence-corrected chi connectivity index (χ3v) is 3.55. The third kappa shape index (κ3) is 1.75. The fourth-order valence-electron chi connectivity index (χ4n) is 2.59. The highest BCUT2D eigenvalue weighted by Gasteiger charge is 2.47. The van der Waals surface area contributed by atoms with E-state index in [-0.39, 0.29) is 17.8 Å². The standard InChI is InChI=1S/C13H13FN2O3/c14-8-2-1-3-9(7(8)6-15)16-12(17)10-4-5-11(19-10)13(16)18/h1-3,10-11H,4-6,15H2. The number of hydrogen-bond acceptors (Lipinski definition) is 4. The van der Waals surface area contributed by atoms with Gasteiger partial charge in [-0.05, 0) is 25.0 Å². The molecule has 0 radical (unpaired) electrons. The Morgan fingerprint density at radius 1 is 1.26 bits per heavy atom. The van der Waals surface area contributed by atoms with E-state index >= 15 is 0 Å². The predicted molar refractivity (Wildman–Crippen MR) is 64.7 cm³/mol. The zero-order chi connectivity index (χ0) is 13.6. The molecule has 0 aliphatic carbocycles. The topological polar surface area (TPSA) is 72.6 Å². The molecule has 0 spiro atoms. The van der Waals surface area contributed by atoms with Crippen molar-refractivity contribution in [1.82, 2.24) is 0 Å². The molecule has 2 saturated heterocycles. The molecule has 1 aromatic rings. The average Bonchev–Trinajstić information content (AvgIpc) is 2.84. The molecule has 2 heterocycles. The lowest BCUT2D eigenvalue weighted by atomic mass is 10.1. The van der Waals surface area contributed by atoms with Gasteiger partial charge in [0.1, 0.15) is 18.0 Å². The number of amides is 2. The molecule has 3 rings (SSSR count). The minimum absolute atomic E-state index is 0.0741. The van der Waals surface area contributed by atoms with E-state index in [1.807, 2.05) is 0 Å². The number of imide groups is 1. The average molecular weight is 264 g/mol. The van der Waals surface area contributed by atoms with Gasteiger partial charge in [0.15, 0.2) is 0 Å². The molecule has 0 saturated carbocycles. The Morgan fingerprint density at radius 3 is 2.47 bits per heavy atom. The Bertz CT molecular complexity index is 539. The maximum atomic E-state index is 13.7. The molecule has 2 aliphatic rings. The Morgan fingerprint density at radius 2 is 1.89 bits per heavy atom. The second kappa shape index (κ2) is 4.40. The smallest absolute Gasteiger partial charge is 0.263 e. The number of morpholine rings is 1. The summed E-state index contributed by atoms with van der Waals surface area (Å²) in [6, 6.07) is 4.25. The molecular formula is C13H13FN2O3. The van der Waals surface area contributed by atoms with Gasteiger partial charge in [0.25, 0.3) is 11.8 Å². The fourth-order valence-corrected chi connectivity index (χ4v) is 2.59. The molecule has 2 amide bonds. The van der Waals surface area contributed by atoms with Gasteiger partial charge in [0, 0.05) is 12.1 Å². The van der Waals surface area contributed by atoms with E-state index in [4.69, 9.17) is 10.5 Å². The zero-order valence-electron chi connectivity index (χ0n) is 10.1. The molecule has 1 aromatic carbocycles. The summed E-state index contributed by atoms with van der Waals surface area (Å²) in [5.74, 6) is -1.38. The number of anilines is 1. The van der Waals surface area contributed by atoms with Gasteiger partial charge in [-0.3, -0.25) is 9.59 Å². The molecule has 2 bridgehead atoms. The first-order valence-corrected chi connectivity index (χ1v) is 6.14. The van der Waals surface area contributed by atoms with Crippen molar-refractivity contribution in [2.75, 3.05) is 4.90 Å².